The standard InChI is InChI=1S/C16H20N4OS/c1-12-17-8-9-20(12)15-7-6-13(10-18-15)19-16(21)11-22-14-4-2-3-5-14/h6-10,14H,2-5,11H2,1H3,(H,19,21). The molecule has 2 heterocycles. The van der Waals surface area contributed by atoms with Crippen LogP contribution in [0.3, 0.4) is 0 Å². The van der Waals surface area contributed by atoms with E-state index >= 15 is 0 Å². The van der Waals surface area contributed by atoms with Crippen LogP contribution in [0.5, 0.6) is 0 Å². The van der Waals surface area contributed by atoms with E-state index in [-0.39, 0.29) is 5.91 Å². The minimum Gasteiger partial charge on any atom is -0.324 e. The van der Waals surface area contributed by atoms with Crippen molar-refractivity contribution in [2.45, 2.75) is 37.9 Å². The molecular formula is C16H20N4OS. The normalized spacial score (nSPS) is 15.1. The fourth-order valence-corrected chi connectivity index (χ4v) is 3.79. The predicted molar refractivity (Wildman–Crippen MR) is 89.4 cm³/mol. The van der Waals surface area contributed by atoms with Crippen LogP contribution in [-0.2, 0) is 4.79 Å². The molecule has 1 amide bonds. The van der Waals surface area contributed by atoms with E-state index in [9.17, 15) is 4.79 Å². The Labute approximate surface area is 134 Å². The summed E-state index contributed by atoms with van der Waals surface area (Å²) in [6.07, 6.45) is 10.4. The Bertz CT molecular complexity index is 632. The van der Waals surface area contributed by atoms with E-state index in [0.717, 1.165) is 17.3 Å². The number of imidazole rings is 1. The van der Waals surface area contributed by atoms with Gasteiger partial charge in [-0.25, -0.2) is 9.97 Å². The molecule has 1 fully saturated rings. The van der Waals surface area contributed by atoms with E-state index in [1.54, 1.807) is 24.2 Å². The number of anilines is 1. The van der Waals surface area contributed by atoms with Crippen LogP contribution in [0.1, 0.15) is 31.5 Å². The van der Waals surface area contributed by atoms with Gasteiger partial charge in [-0.15, -0.1) is 11.8 Å². The van der Waals surface area contributed by atoms with Crippen LogP contribution in [0.15, 0.2) is 30.7 Å². The molecule has 0 aromatic carbocycles. The van der Waals surface area contributed by atoms with Crippen molar-refractivity contribution in [3.05, 3.63) is 36.5 Å². The lowest BCUT2D eigenvalue weighted by Gasteiger charge is -2.09. The molecule has 0 bridgehead atoms. The highest BCUT2D eigenvalue weighted by atomic mass is 32.2. The number of amides is 1. The van der Waals surface area contributed by atoms with Crippen molar-refractivity contribution in [2.24, 2.45) is 0 Å². The fraction of sp³-hybridized carbons (Fsp3) is 0.438. The summed E-state index contributed by atoms with van der Waals surface area (Å²) in [4.78, 5) is 20.5. The van der Waals surface area contributed by atoms with E-state index < -0.39 is 0 Å². The second-order valence-corrected chi connectivity index (χ2v) is 6.80. The quantitative estimate of drug-likeness (QED) is 0.920. The van der Waals surface area contributed by atoms with Crippen molar-refractivity contribution in [1.29, 1.82) is 0 Å². The maximum atomic E-state index is 12.0. The smallest absolute Gasteiger partial charge is 0.234 e. The summed E-state index contributed by atoms with van der Waals surface area (Å²) in [5.41, 5.74) is 0.735. The van der Waals surface area contributed by atoms with Crippen LogP contribution in [-0.4, -0.2) is 31.4 Å². The van der Waals surface area contributed by atoms with Gasteiger partial charge in [-0.1, -0.05) is 12.8 Å². The van der Waals surface area contributed by atoms with Crippen LogP contribution >= 0.6 is 11.8 Å². The van der Waals surface area contributed by atoms with Crippen LogP contribution < -0.4 is 5.32 Å². The first-order valence-electron chi connectivity index (χ1n) is 7.60. The van der Waals surface area contributed by atoms with E-state index in [2.05, 4.69) is 15.3 Å². The number of nitrogens with zero attached hydrogens (tertiary/aromatic N) is 3. The van der Waals surface area contributed by atoms with E-state index in [0.29, 0.717) is 11.0 Å². The van der Waals surface area contributed by atoms with Crippen LogP contribution in [0.2, 0.25) is 0 Å². The molecule has 2 aromatic rings. The lowest BCUT2D eigenvalue weighted by molar-refractivity contribution is -0.113. The SMILES string of the molecule is Cc1nccn1-c1ccc(NC(=O)CSC2CCCC2)cn1. The highest BCUT2D eigenvalue weighted by Crippen LogP contribution is 2.29. The molecule has 1 saturated carbocycles. The lowest BCUT2D eigenvalue weighted by atomic mass is 10.4. The first kappa shape index (κ1) is 15.1. The van der Waals surface area contributed by atoms with Gasteiger partial charge in [0.15, 0.2) is 0 Å². The molecule has 5 nitrogen and oxygen atoms in total. The third-order valence-corrected chi connectivity index (χ3v) is 5.23. The maximum absolute atomic E-state index is 12.0. The van der Waals surface area contributed by atoms with Crippen molar-refractivity contribution in [1.82, 2.24) is 14.5 Å². The molecule has 2 aromatic heterocycles. The molecule has 0 saturated heterocycles. The summed E-state index contributed by atoms with van der Waals surface area (Å²) in [5, 5.41) is 3.57. The van der Waals surface area contributed by atoms with Gasteiger partial charge < -0.3 is 5.32 Å². The van der Waals surface area contributed by atoms with Gasteiger partial charge in [-0.05, 0) is 31.9 Å². The molecule has 0 spiro atoms. The van der Waals surface area contributed by atoms with Gasteiger partial charge in [-0.2, -0.15) is 0 Å². The highest BCUT2D eigenvalue weighted by molar-refractivity contribution is 8.00. The summed E-state index contributed by atoms with van der Waals surface area (Å²) >= 11 is 1.77. The molecule has 0 radical (unpaired) electrons. The Kier molecular flexibility index (Phi) is 4.77. The van der Waals surface area contributed by atoms with Gasteiger partial charge in [0, 0.05) is 17.6 Å². The number of carbonyl (C=O) groups is 1. The molecule has 0 atom stereocenters. The molecular weight excluding hydrogens is 296 g/mol. The van der Waals surface area contributed by atoms with E-state index in [1.165, 1.54) is 25.7 Å². The van der Waals surface area contributed by atoms with Crippen molar-refractivity contribution < 1.29 is 4.79 Å². The van der Waals surface area contributed by atoms with Gasteiger partial charge >= 0.3 is 0 Å². The molecule has 0 aliphatic heterocycles. The monoisotopic (exact) mass is 316 g/mol. The number of nitrogens with one attached hydrogen (secondary N) is 1. The number of hydrogen-bond acceptors (Lipinski definition) is 4. The zero-order chi connectivity index (χ0) is 15.4. The maximum Gasteiger partial charge on any atom is 0.234 e. The summed E-state index contributed by atoms with van der Waals surface area (Å²) < 4.78 is 1.90. The minimum atomic E-state index is 0.0465. The second-order valence-electron chi connectivity index (χ2n) is 5.52. The number of thioether (sulfide) groups is 1. The summed E-state index contributed by atoms with van der Waals surface area (Å²) in [7, 11) is 0. The molecule has 6 heteroatoms. The van der Waals surface area contributed by atoms with Crippen molar-refractivity contribution >= 4 is 23.4 Å². The number of carbonyl (C=O) groups excluding carboxylic acids is 1. The molecule has 1 N–H and O–H groups in total. The summed E-state index contributed by atoms with van der Waals surface area (Å²) in [6.45, 7) is 1.93. The predicted octanol–water partition coefficient (Wildman–Crippen LogP) is 3.19. The van der Waals surface area contributed by atoms with E-state index in [4.69, 9.17) is 0 Å². The number of rotatable bonds is 5. The fourth-order valence-electron chi connectivity index (χ4n) is 2.67. The van der Waals surface area contributed by atoms with E-state index in [1.807, 2.05) is 29.8 Å². The Balaban J connectivity index is 1.54. The average Bonchev–Trinajstić information content (AvgIpc) is 3.17. The Hall–Kier alpha value is -1.82. The number of aromatic nitrogens is 3. The minimum absolute atomic E-state index is 0.0465. The zero-order valence-electron chi connectivity index (χ0n) is 12.7. The highest BCUT2D eigenvalue weighted by Gasteiger charge is 2.16. The largest absolute Gasteiger partial charge is 0.324 e. The molecule has 22 heavy (non-hydrogen) atoms. The lowest BCUT2D eigenvalue weighted by Crippen LogP contribution is -2.16. The topological polar surface area (TPSA) is 59.8 Å². The summed E-state index contributed by atoms with van der Waals surface area (Å²) in [6, 6.07) is 3.76. The Morgan fingerprint density at radius 2 is 2.18 bits per heavy atom. The Morgan fingerprint density at radius 1 is 1.36 bits per heavy atom. The van der Waals surface area contributed by atoms with Gasteiger partial charge in [0.1, 0.15) is 11.6 Å². The van der Waals surface area contributed by atoms with Crippen molar-refractivity contribution in [2.75, 3.05) is 11.1 Å². The van der Waals surface area contributed by atoms with Gasteiger partial charge in [0.25, 0.3) is 0 Å². The molecule has 3 rings (SSSR count). The van der Waals surface area contributed by atoms with Gasteiger partial charge in [0.2, 0.25) is 5.91 Å². The van der Waals surface area contributed by atoms with Gasteiger partial charge in [0.05, 0.1) is 17.6 Å². The zero-order valence-corrected chi connectivity index (χ0v) is 13.5. The Morgan fingerprint density at radius 3 is 2.82 bits per heavy atom. The first-order valence-corrected chi connectivity index (χ1v) is 8.65. The molecule has 0 unspecified atom stereocenters. The number of hydrogen-bond donors (Lipinski definition) is 1. The summed E-state index contributed by atoms with van der Waals surface area (Å²) in [5.74, 6) is 2.25. The van der Waals surface area contributed by atoms with Crippen LogP contribution in [0.25, 0.3) is 5.82 Å². The molecule has 1 aliphatic carbocycles. The molecule has 116 valence electrons. The first-order chi connectivity index (χ1) is 10.7. The average molecular weight is 316 g/mol. The molecule has 1 aliphatic rings. The van der Waals surface area contributed by atoms with Crippen LogP contribution in [0.4, 0.5) is 5.69 Å². The third kappa shape index (κ3) is 3.68. The van der Waals surface area contributed by atoms with Crippen molar-refractivity contribution in [3.63, 3.8) is 0 Å². The van der Waals surface area contributed by atoms with Gasteiger partial charge in [-0.3, -0.25) is 9.36 Å². The number of pyridine rings is 1. The van der Waals surface area contributed by atoms with Crippen molar-refractivity contribution in [3.8, 4) is 5.82 Å². The third-order valence-electron chi connectivity index (χ3n) is 3.86. The number of aryl methyl sites for hydroxylation is 1. The van der Waals surface area contributed by atoms with Crippen LogP contribution in [0, 0.1) is 6.92 Å². The second kappa shape index (κ2) is 6.96.